The van der Waals surface area contributed by atoms with Crippen molar-refractivity contribution in [3.63, 3.8) is 0 Å². The van der Waals surface area contributed by atoms with E-state index < -0.39 is 0 Å². The van der Waals surface area contributed by atoms with Gasteiger partial charge in [0, 0.05) is 17.5 Å². The Morgan fingerprint density at radius 2 is 2.03 bits per heavy atom. The Balaban J connectivity index is 1.80. The summed E-state index contributed by atoms with van der Waals surface area (Å²) in [4.78, 5) is 12.6. The van der Waals surface area contributed by atoms with Crippen molar-refractivity contribution in [2.75, 3.05) is 0 Å². The fourth-order valence-corrected chi connectivity index (χ4v) is 5.64. The molecule has 2 bridgehead atoms. The van der Waals surface area contributed by atoms with Crippen LogP contribution in [0.1, 0.15) is 103 Å². The lowest BCUT2D eigenvalue weighted by Crippen LogP contribution is -2.53. The quantitative estimate of drug-likeness (QED) is 0.315. The van der Waals surface area contributed by atoms with Gasteiger partial charge in [-0.3, -0.25) is 4.79 Å². The third kappa shape index (κ3) is 5.07. The largest absolute Gasteiger partial charge is 0.426 e. The molecule has 0 amide bonds. The summed E-state index contributed by atoms with van der Waals surface area (Å²) in [5.41, 5.74) is 8.08. The van der Waals surface area contributed by atoms with E-state index in [1.54, 1.807) is 0 Å². The topological polar surface area (TPSA) is 52.3 Å². The van der Waals surface area contributed by atoms with Gasteiger partial charge in [0.25, 0.3) is 0 Å². The molecule has 168 valence electrons. The van der Waals surface area contributed by atoms with Gasteiger partial charge in [0.2, 0.25) is 0 Å². The van der Waals surface area contributed by atoms with E-state index >= 15 is 4.39 Å². The minimum atomic E-state index is -0.281. The van der Waals surface area contributed by atoms with Crippen LogP contribution >= 0.6 is 0 Å². The molecular formula is C26H40FNO2. The number of esters is 1. The van der Waals surface area contributed by atoms with E-state index in [0.29, 0.717) is 24.5 Å². The summed E-state index contributed by atoms with van der Waals surface area (Å²) >= 11 is 0. The van der Waals surface area contributed by atoms with Gasteiger partial charge < -0.3 is 10.5 Å². The highest BCUT2D eigenvalue weighted by molar-refractivity contribution is 5.73. The number of benzene rings is 1. The van der Waals surface area contributed by atoms with E-state index in [0.717, 1.165) is 49.7 Å². The second-order valence-corrected chi connectivity index (χ2v) is 10.7. The Labute approximate surface area is 181 Å². The summed E-state index contributed by atoms with van der Waals surface area (Å²) in [6.45, 7) is 8.56. The summed E-state index contributed by atoms with van der Waals surface area (Å²) in [7, 11) is 0. The zero-order valence-corrected chi connectivity index (χ0v) is 19.4. The van der Waals surface area contributed by atoms with Gasteiger partial charge in [-0.1, -0.05) is 66.2 Å². The van der Waals surface area contributed by atoms with Crippen LogP contribution < -0.4 is 10.5 Å². The van der Waals surface area contributed by atoms with Crippen molar-refractivity contribution in [2.24, 2.45) is 17.1 Å². The number of halogens is 1. The molecule has 0 heterocycles. The molecule has 3 nitrogen and oxygen atoms in total. The predicted molar refractivity (Wildman–Crippen MR) is 120 cm³/mol. The molecule has 2 unspecified atom stereocenters. The van der Waals surface area contributed by atoms with Crippen LogP contribution in [0.25, 0.3) is 0 Å². The first-order chi connectivity index (χ1) is 14.2. The lowest BCUT2D eigenvalue weighted by Gasteiger charge is -2.47. The van der Waals surface area contributed by atoms with Crippen molar-refractivity contribution in [3.8, 4) is 5.75 Å². The summed E-state index contributed by atoms with van der Waals surface area (Å²) in [5, 5.41) is 0. The molecule has 3 atom stereocenters. The number of hydrogen-bond acceptors (Lipinski definition) is 3. The van der Waals surface area contributed by atoms with Crippen molar-refractivity contribution in [1.82, 2.24) is 0 Å². The highest BCUT2D eigenvalue weighted by Gasteiger charge is 2.45. The predicted octanol–water partition coefficient (Wildman–Crippen LogP) is 6.45. The maximum absolute atomic E-state index is 15.1. The molecule has 3 rings (SSSR count). The van der Waals surface area contributed by atoms with Crippen molar-refractivity contribution in [2.45, 2.75) is 110 Å². The Bertz CT molecular complexity index is 760. The summed E-state index contributed by atoms with van der Waals surface area (Å²) in [5.74, 6) is 0.127. The first-order valence-corrected chi connectivity index (χ1v) is 12.0. The molecular weight excluding hydrogens is 377 g/mol. The lowest BCUT2D eigenvalue weighted by atomic mass is 9.60. The van der Waals surface area contributed by atoms with Gasteiger partial charge >= 0.3 is 5.97 Å². The molecule has 1 fully saturated rings. The molecule has 0 spiro atoms. The van der Waals surface area contributed by atoms with Gasteiger partial charge in [-0.15, -0.1) is 0 Å². The normalized spacial score (nSPS) is 26.5. The molecule has 0 radical (unpaired) electrons. The van der Waals surface area contributed by atoms with E-state index in [-0.39, 0.29) is 28.7 Å². The first kappa shape index (κ1) is 23.2. The van der Waals surface area contributed by atoms with Gasteiger partial charge in [-0.2, -0.15) is 0 Å². The highest BCUT2D eigenvalue weighted by Crippen LogP contribution is 2.47. The van der Waals surface area contributed by atoms with Gasteiger partial charge in [-0.05, 0) is 54.2 Å². The molecule has 2 aliphatic carbocycles. The van der Waals surface area contributed by atoms with Gasteiger partial charge in [0.05, 0.1) is 6.42 Å². The van der Waals surface area contributed by atoms with Crippen molar-refractivity contribution in [1.29, 1.82) is 0 Å². The van der Waals surface area contributed by atoms with Crippen LogP contribution in [0, 0.1) is 17.2 Å². The van der Waals surface area contributed by atoms with Gasteiger partial charge in [-0.25, -0.2) is 4.39 Å². The molecule has 0 saturated heterocycles. The van der Waals surface area contributed by atoms with Crippen molar-refractivity contribution in [3.05, 3.63) is 29.1 Å². The van der Waals surface area contributed by atoms with Crippen molar-refractivity contribution < 1.29 is 13.9 Å². The Kier molecular flexibility index (Phi) is 7.27. The van der Waals surface area contributed by atoms with Crippen LogP contribution in [-0.4, -0.2) is 12.0 Å². The maximum atomic E-state index is 15.1. The van der Waals surface area contributed by atoms with Crippen LogP contribution in [0.15, 0.2) is 12.1 Å². The summed E-state index contributed by atoms with van der Waals surface area (Å²) in [6, 6.07) is 3.33. The number of nitrogens with two attached hydrogens (primary N) is 1. The fourth-order valence-electron chi connectivity index (χ4n) is 5.64. The average molecular weight is 418 g/mol. The lowest BCUT2D eigenvalue weighted by molar-refractivity contribution is -0.136. The van der Waals surface area contributed by atoms with Crippen LogP contribution in [0.5, 0.6) is 5.75 Å². The van der Waals surface area contributed by atoms with E-state index in [1.807, 2.05) is 6.07 Å². The third-order valence-corrected chi connectivity index (χ3v) is 7.58. The molecule has 1 saturated carbocycles. The fraction of sp³-hybridized carbons (Fsp3) is 0.731. The Morgan fingerprint density at radius 1 is 1.27 bits per heavy atom. The molecule has 1 aromatic rings. The third-order valence-electron chi connectivity index (χ3n) is 7.58. The highest BCUT2D eigenvalue weighted by atomic mass is 19.1. The minimum Gasteiger partial charge on any atom is -0.426 e. The van der Waals surface area contributed by atoms with Crippen LogP contribution in [-0.2, 0) is 16.6 Å². The van der Waals surface area contributed by atoms with Crippen LogP contribution in [0.2, 0.25) is 0 Å². The molecule has 2 aliphatic rings. The van der Waals surface area contributed by atoms with Gasteiger partial charge in [0.1, 0.15) is 11.6 Å². The molecule has 4 heteroatoms. The second-order valence-electron chi connectivity index (χ2n) is 10.7. The van der Waals surface area contributed by atoms with E-state index in [4.69, 9.17) is 10.5 Å². The smallest absolute Gasteiger partial charge is 0.311 e. The number of ether oxygens (including phenoxy) is 1. The standard InChI is InChI=1S/C26H40FNO2/c1-5-6-9-12-25(2,3)17-23(29)30-19-15-21-20(22(27)16-19)14-18-11-8-7-10-13-26(21,4)24(18)28/h15-16,18,24H,5-14,17,28H2,1-4H3/t18-,24?,26?/m0/s1. The van der Waals surface area contributed by atoms with E-state index in [1.165, 1.54) is 25.3 Å². The zero-order valence-electron chi connectivity index (χ0n) is 19.4. The SMILES string of the molecule is CCCCCC(C)(C)CC(=O)Oc1cc(F)c2c(c1)C1(C)CCCCC[C@@H](C2)C1N. The molecule has 0 aliphatic heterocycles. The Morgan fingerprint density at radius 3 is 2.77 bits per heavy atom. The molecule has 30 heavy (non-hydrogen) atoms. The Hall–Kier alpha value is -1.42. The molecule has 1 aromatic carbocycles. The average Bonchev–Trinajstić information content (AvgIpc) is 2.65. The summed E-state index contributed by atoms with van der Waals surface area (Å²) < 4.78 is 20.8. The van der Waals surface area contributed by atoms with Gasteiger partial charge in [0.15, 0.2) is 0 Å². The number of carbonyl (C=O) groups is 1. The van der Waals surface area contributed by atoms with Crippen LogP contribution in [0.4, 0.5) is 4.39 Å². The van der Waals surface area contributed by atoms with E-state index in [9.17, 15) is 4.79 Å². The van der Waals surface area contributed by atoms with Crippen LogP contribution in [0.3, 0.4) is 0 Å². The monoisotopic (exact) mass is 417 g/mol. The first-order valence-electron chi connectivity index (χ1n) is 12.0. The summed E-state index contributed by atoms with van der Waals surface area (Å²) in [6.07, 6.45) is 11.0. The number of rotatable bonds is 7. The minimum absolute atomic E-state index is 0.0214. The number of carbonyl (C=O) groups excluding carboxylic acids is 1. The number of hydrogen-bond donors (Lipinski definition) is 1. The maximum Gasteiger partial charge on any atom is 0.311 e. The van der Waals surface area contributed by atoms with E-state index in [2.05, 4.69) is 27.7 Å². The number of unbranched alkanes of at least 4 members (excludes halogenated alkanes) is 2. The van der Waals surface area contributed by atoms with Crippen molar-refractivity contribution >= 4 is 5.97 Å². The molecule has 2 N–H and O–H groups in total. The molecule has 0 aromatic heterocycles. The number of fused-ring (bicyclic) bond motifs is 4. The zero-order chi connectivity index (χ0) is 21.9. The second kappa shape index (κ2) is 9.38.